The van der Waals surface area contributed by atoms with Gasteiger partial charge >= 0.3 is 0 Å². The van der Waals surface area contributed by atoms with E-state index in [1.807, 2.05) is 0 Å². The fraction of sp³-hybridized carbons (Fsp3) is 1.00. The molecule has 1 saturated carbocycles. The second-order valence-electron chi connectivity index (χ2n) is 5.50. The highest BCUT2D eigenvalue weighted by molar-refractivity contribution is 4.82. The van der Waals surface area contributed by atoms with Crippen LogP contribution < -0.4 is 5.32 Å². The van der Waals surface area contributed by atoms with E-state index in [0.29, 0.717) is 0 Å². The van der Waals surface area contributed by atoms with Crippen LogP contribution in [0.15, 0.2) is 0 Å². The van der Waals surface area contributed by atoms with E-state index in [1.165, 1.54) is 57.8 Å². The van der Waals surface area contributed by atoms with Crippen molar-refractivity contribution in [2.45, 2.75) is 77.7 Å². The third-order valence-electron chi connectivity index (χ3n) is 4.55. The predicted molar refractivity (Wildman–Crippen MR) is 72.7 cm³/mol. The molecule has 1 nitrogen and oxygen atoms in total. The highest BCUT2D eigenvalue weighted by Gasteiger charge is 2.26. The molecule has 0 amide bonds. The highest BCUT2D eigenvalue weighted by atomic mass is 14.9. The van der Waals surface area contributed by atoms with Crippen molar-refractivity contribution in [2.75, 3.05) is 7.05 Å². The average molecular weight is 225 g/mol. The summed E-state index contributed by atoms with van der Waals surface area (Å²) in [4.78, 5) is 0. The van der Waals surface area contributed by atoms with Crippen molar-refractivity contribution in [1.29, 1.82) is 0 Å². The van der Waals surface area contributed by atoms with E-state index in [1.54, 1.807) is 0 Å². The number of hydrogen-bond donors (Lipinski definition) is 1. The van der Waals surface area contributed by atoms with Gasteiger partial charge in [-0.3, -0.25) is 0 Å². The third kappa shape index (κ3) is 4.08. The summed E-state index contributed by atoms with van der Waals surface area (Å²) < 4.78 is 0. The molecule has 1 aliphatic rings. The molecule has 1 unspecified atom stereocenters. The van der Waals surface area contributed by atoms with E-state index < -0.39 is 0 Å². The largest absolute Gasteiger partial charge is 0.316 e. The Bertz CT molecular complexity index is 155. The Balaban J connectivity index is 2.53. The maximum Gasteiger partial charge on any atom is 0.0120 e. The van der Waals surface area contributed by atoms with E-state index in [9.17, 15) is 0 Å². The number of nitrogens with one attached hydrogen (secondary N) is 1. The molecule has 0 spiro atoms. The minimum absolute atomic E-state index is 0.771. The molecule has 0 aromatic carbocycles. The van der Waals surface area contributed by atoms with Gasteiger partial charge in [0.2, 0.25) is 0 Å². The van der Waals surface area contributed by atoms with Gasteiger partial charge in [0.15, 0.2) is 0 Å². The molecule has 0 radical (unpaired) electrons. The Morgan fingerprint density at radius 1 is 0.938 bits per heavy atom. The first-order valence-electron chi connectivity index (χ1n) is 7.50. The Labute approximate surface area is 102 Å². The van der Waals surface area contributed by atoms with Gasteiger partial charge in [0.1, 0.15) is 0 Å². The zero-order chi connectivity index (χ0) is 11.8. The first-order chi connectivity index (χ1) is 7.83. The summed E-state index contributed by atoms with van der Waals surface area (Å²) in [6.07, 6.45) is 12.9. The molecule has 0 aromatic heterocycles. The lowest BCUT2D eigenvalue weighted by molar-refractivity contribution is 0.218. The first kappa shape index (κ1) is 14.0. The fourth-order valence-corrected chi connectivity index (χ4v) is 3.50. The average Bonchev–Trinajstić information content (AvgIpc) is 2.26. The molecule has 1 fully saturated rings. The molecular formula is C15H31N. The van der Waals surface area contributed by atoms with Crippen LogP contribution in [0.1, 0.15) is 71.6 Å². The van der Waals surface area contributed by atoms with E-state index in [4.69, 9.17) is 0 Å². The Hall–Kier alpha value is -0.0400. The Kier molecular flexibility index (Phi) is 7.11. The second kappa shape index (κ2) is 8.11. The van der Waals surface area contributed by atoms with Gasteiger partial charge in [-0.1, -0.05) is 58.8 Å². The van der Waals surface area contributed by atoms with Gasteiger partial charge in [0.05, 0.1) is 0 Å². The summed E-state index contributed by atoms with van der Waals surface area (Å²) in [5.74, 6) is 1.82. The zero-order valence-electron chi connectivity index (χ0n) is 11.6. The summed E-state index contributed by atoms with van der Waals surface area (Å²) >= 11 is 0. The molecule has 0 aliphatic heterocycles. The van der Waals surface area contributed by atoms with Gasteiger partial charge in [-0.2, -0.15) is 0 Å². The Morgan fingerprint density at radius 3 is 1.88 bits per heavy atom. The van der Waals surface area contributed by atoms with Crippen LogP contribution in [-0.4, -0.2) is 13.1 Å². The fourth-order valence-electron chi connectivity index (χ4n) is 3.50. The maximum absolute atomic E-state index is 3.62. The summed E-state index contributed by atoms with van der Waals surface area (Å²) in [5, 5.41) is 3.62. The van der Waals surface area contributed by atoms with Crippen molar-refractivity contribution in [3.8, 4) is 0 Å². The van der Waals surface area contributed by atoms with Crippen LogP contribution in [0.4, 0.5) is 0 Å². The molecule has 1 atom stereocenters. The quantitative estimate of drug-likeness (QED) is 0.732. The second-order valence-corrected chi connectivity index (χ2v) is 5.50. The topological polar surface area (TPSA) is 12.0 Å². The molecule has 1 heteroatoms. The molecule has 0 heterocycles. The lowest BCUT2D eigenvalue weighted by Crippen LogP contribution is -2.40. The molecule has 1 N–H and O–H groups in total. The van der Waals surface area contributed by atoms with Gasteiger partial charge in [-0.05, 0) is 31.7 Å². The zero-order valence-corrected chi connectivity index (χ0v) is 11.6. The molecule has 0 saturated heterocycles. The minimum Gasteiger partial charge on any atom is -0.316 e. The monoisotopic (exact) mass is 225 g/mol. The van der Waals surface area contributed by atoms with Crippen molar-refractivity contribution in [3.05, 3.63) is 0 Å². The van der Waals surface area contributed by atoms with Crippen molar-refractivity contribution >= 4 is 0 Å². The predicted octanol–water partition coefficient (Wildman–Crippen LogP) is 4.37. The van der Waals surface area contributed by atoms with Crippen LogP contribution in [-0.2, 0) is 0 Å². The van der Waals surface area contributed by atoms with Crippen LogP contribution in [0.5, 0.6) is 0 Å². The molecule has 0 aromatic rings. The molecule has 0 bridgehead atoms. The van der Waals surface area contributed by atoms with Gasteiger partial charge in [0, 0.05) is 6.04 Å². The van der Waals surface area contributed by atoms with Crippen LogP contribution in [0.25, 0.3) is 0 Å². The standard InChI is InChI=1S/C15H31N/c1-4-13(5-2)15(16-3)14-11-9-7-6-8-10-12-14/h13-16H,4-12H2,1-3H3. The maximum atomic E-state index is 3.62. The van der Waals surface area contributed by atoms with Gasteiger partial charge in [-0.15, -0.1) is 0 Å². The number of rotatable bonds is 5. The van der Waals surface area contributed by atoms with E-state index >= 15 is 0 Å². The van der Waals surface area contributed by atoms with Crippen LogP contribution >= 0.6 is 0 Å². The molecular weight excluding hydrogens is 194 g/mol. The van der Waals surface area contributed by atoms with Crippen molar-refractivity contribution < 1.29 is 0 Å². The lowest BCUT2D eigenvalue weighted by Gasteiger charge is -2.34. The number of hydrogen-bond acceptors (Lipinski definition) is 1. The molecule has 96 valence electrons. The Morgan fingerprint density at radius 2 is 1.44 bits per heavy atom. The van der Waals surface area contributed by atoms with Crippen LogP contribution in [0, 0.1) is 11.8 Å². The van der Waals surface area contributed by atoms with E-state index in [2.05, 4.69) is 26.2 Å². The summed E-state index contributed by atoms with van der Waals surface area (Å²) in [6, 6.07) is 0.771. The third-order valence-corrected chi connectivity index (χ3v) is 4.55. The van der Waals surface area contributed by atoms with Gasteiger partial charge in [-0.25, -0.2) is 0 Å². The lowest BCUT2D eigenvalue weighted by atomic mass is 9.78. The molecule has 16 heavy (non-hydrogen) atoms. The highest BCUT2D eigenvalue weighted by Crippen LogP contribution is 2.30. The molecule has 1 aliphatic carbocycles. The van der Waals surface area contributed by atoms with Crippen molar-refractivity contribution in [2.24, 2.45) is 11.8 Å². The smallest absolute Gasteiger partial charge is 0.0120 e. The van der Waals surface area contributed by atoms with Crippen LogP contribution in [0.2, 0.25) is 0 Å². The summed E-state index contributed by atoms with van der Waals surface area (Å²) in [6.45, 7) is 4.70. The van der Waals surface area contributed by atoms with Crippen molar-refractivity contribution in [1.82, 2.24) is 5.32 Å². The summed E-state index contributed by atoms with van der Waals surface area (Å²) in [5.41, 5.74) is 0. The van der Waals surface area contributed by atoms with Gasteiger partial charge in [0.25, 0.3) is 0 Å². The minimum atomic E-state index is 0.771. The van der Waals surface area contributed by atoms with Gasteiger partial charge < -0.3 is 5.32 Å². The van der Waals surface area contributed by atoms with E-state index in [0.717, 1.165) is 17.9 Å². The molecule has 1 rings (SSSR count). The normalized spacial score (nSPS) is 21.8. The van der Waals surface area contributed by atoms with Crippen molar-refractivity contribution in [3.63, 3.8) is 0 Å². The van der Waals surface area contributed by atoms with E-state index in [-0.39, 0.29) is 0 Å². The SMILES string of the molecule is CCC(CC)C(NC)C1CCCCCCC1. The van der Waals surface area contributed by atoms with Crippen LogP contribution in [0.3, 0.4) is 0 Å². The summed E-state index contributed by atoms with van der Waals surface area (Å²) in [7, 11) is 2.17. The first-order valence-corrected chi connectivity index (χ1v) is 7.50.